The van der Waals surface area contributed by atoms with E-state index in [4.69, 9.17) is 10.2 Å². The molecule has 0 bridgehead atoms. The second kappa shape index (κ2) is 4.92. The van der Waals surface area contributed by atoms with Crippen molar-refractivity contribution < 1.29 is 15.0 Å². The van der Waals surface area contributed by atoms with Crippen LogP contribution in [0.25, 0.3) is 0 Å². The molecule has 1 aromatic heterocycles. The van der Waals surface area contributed by atoms with Crippen molar-refractivity contribution in [1.82, 2.24) is 10.2 Å². The van der Waals surface area contributed by atoms with Gasteiger partial charge in [0.25, 0.3) is 0 Å². The van der Waals surface area contributed by atoms with Crippen molar-refractivity contribution in [2.75, 3.05) is 6.61 Å². The van der Waals surface area contributed by atoms with Gasteiger partial charge in [0.1, 0.15) is 5.03 Å². The Hall–Kier alpha value is -1.14. The number of aliphatic hydroxyl groups excluding tert-OH is 1. The molecule has 0 aliphatic carbocycles. The summed E-state index contributed by atoms with van der Waals surface area (Å²) in [6.07, 6.45) is 1.33. The van der Waals surface area contributed by atoms with Crippen molar-refractivity contribution >= 4 is 17.7 Å². The first-order valence-corrected chi connectivity index (χ1v) is 4.85. The minimum Gasteiger partial charge on any atom is -0.478 e. The van der Waals surface area contributed by atoms with E-state index in [1.165, 1.54) is 24.0 Å². The Morgan fingerprint density at radius 1 is 1.71 bits per heavy atom. The van der Waals surface area contributed by atoms with Gasteiger partial charge in [-0.1, -0.05) is 18.7 Å². The molecule has 1 unspecified atom stereocenters. The summed E-state index contributed by atoms with van der Waals surface area (Å²) in [4.78, 5) is 10.7. The van der Waals surface area contributed by atoms with E-state index in [0.717, 1.165) is 0 Å². The van der Waals surface area contributed by atoms with E-state index in [9.17, 15) is 4.79 Å². The van der Waals surface area contributed by atoms with Crippen LogP contribution in [0.2, 0.25) is 0 Å². The van der Waals surface area contributed by atoms with Gasteiger partial charge in [0.2, 0.25) is 0 Å². The van der Waals surface area contributed by atoms with Crippen LogP contribution >= 0.6 is 11.8 Å². The molecule has 1 rings (SSSR count). The highest BCUT2D eigenvalue weighted by Gasteiger charge is 2.14. The molecule has 0 saturated heterocycles. The molecule has 0 spiro atoms. The molecule has 1 aromatic rings. The highest BCUT2D eigenvalue weighted by atomic mass is 32.2. The summed E-state index contributed by atoms with van der Waals surface area (Å²) in [7, 11) is 0. The van der Waals surface area contributed by atoms with Crippen LogP contribution < -0.4 is 0 Å². The number of aromatic nitrogens is 2. The summed E-state index contributed by atoms with van der Waals surface area (Å²) in [6, 6.07) is 1.39. The summed E-state index contributed by atoms with van der Waals surface area (Å²) >= 11 is 1.19. The van der Waals surface area contributed by atoms with E-state index >= 15 is 0 Å². The van der Waals surface area contributed by atoms with Crippen molar-refractivity contribution in [3.8, 4) is 0 Å². The molecule has 1 atom stereocenters. The zero-order chi connectivity index (χ0) is 10.6. The molecule has 0 radical (unpaired) electrons. The molecule has 5 nitrogen and oxygen atoms in total. The third-order valence-electron chi connectivity index (χ3n) is 1.49. The van der Waals surface area contributed by atoms with Crippen molar-refractivity contribution in [3.05, 3.63) is 17.8 Å². The zero-order valence-electron chi connectivity index (χ0n) is 7.54. The van der Waals surface area contributed by atoms with Crippen LogP contribution in [0.4, 0.5) is 0 Å². The minimum absolute atomic E-state index is 0.0275. The van der Waals surface area contributed by atoms with E-state index < -0.39 is 5.97 Å². The van der Waals surface area contributed by atoms with E-state index in [1.807, 2.05) is 0 Å². The van der Waals surface area contributed by atoms with Gasteiger partial charge >= 0.3 is 5.97 Å². The van der Waals surface area contributed by atoms with Gasteiger partial charge in [-0.3, -0.25) is 0 Å². The van der Waals surface area contributed by atoms with Gasteiger partial charge in [-0.25, -0.2) is 4.79 Å². The lowest BCUT2D eigenvalue weighted by molar-refractivity contribution is 0.0691. The Labute approximate surface area is 85.2 Å². The second-order valence-electron chi connectivity index (χ2n) is 2.67. The number of rotatable bonds is 4. The highest BCUT2D eigenvalue weighted by Crippen LogP contribution is 2.23. The Bertz CT molecular complexity index is 332. The number of carboxylic acids is 1. The van der Waals surface area contributed by atoms with Crippen LogP contribution in [0.5, 0.6) is 0 Å². The molecule has 0 fully saturated rings. The summed E-state index contributed by atoms with van der Waals surface area (Å²) in [5.74, 6) is -1.03. The minimum atomic E-state index is -1.03. The maximum Gasteiger partial charge on any atom is 0.338 e. The quantitative estimate of drug-likeness (QED) is 0.716. The third kappa shape index (κ3) is 2.68. The van der Waals surface area contributed by atoms with Crippen LogP contribution in [0.3, 0.4) is 0 Å². The van der Waals surface area contributed by atoms with Gasteiger partial charge in [-0.2, -0.15) is 5.10 Å². The molecule has 14 heavy (non-hydrogen) atoms. The predicted molar refractivity (Wildman–Crippen MR) is 51.4 cm³/mol. The van der Waals surface area contributed by atoms with E-state index in [-0.39, 0.29) is 17.4 Å². The van der Waals surface area contributed by atoms with Crippen LogP contribution in [-0.2, 0) is 0 Å². The van der Waals surface area contributed by atoms with Gasteiger partial charge < -0.3 is 10.2 Å². The van der Waals surface area contributed by atoms with Crippen LogP contribution in [0, 0.1) is 0 Å². The second-order valence-corrected chi connectivity index (χ2v) is 4.09. The molecule has 0 aliphatic heterocycles. The maximum absolute atomic E-state index is 10.7. The number of aliphatic hydroxyl groups is 1. The average Bonchev–Trinajstić information content (AvgIpc) is 2.18. The molecule has 6 heteroatoms. The summed E-state index contributed by atoms with van der Waals surface area (Å²) < 4.78 is 0. The number of thioether (sulfide) groups is 1. The molecule has 0 saturated carbocycles. The lowest BCUT2D eigenvalue weighted by atomic mass is 10.3. The van der Waals surface area contributed by atoms with E-state index in [0.29, 0.717) is 5.03 Å². The van der Waals surface area contributed by atoms with E-state index in [2.05, 4.69) is 10.2 Å². The first kappa shape index (κ1) is 10.9. The van der Waals surface area contributed by atoms with Crippen molar-refractivity contribution in [2.45, 2.75) is 17.2 Å². The molecule has 0 aliphatic rings. The van der Waals surface area contributed by atoms with Gasteiger partial charge in [-0.05, 0) is 6.07 Å². The fourth-order valence-electron chi connectivity index (χ4n) is 0.796. The molecule has 2 N–H and O–H groups in total. The standard InChI is InChI=1S/C8H10N2O3S/c1-5(4-11)14-7-6(8(12)13)2-3-9-10-7/h2-3,5,11H,4H2,1H3,(H,12,13). The monoisotopic (exact) mass is 214 g/mol. The van der Waals surface area contributed by atoms with Crippen molar-refractivity contribution in [2.24, 2.45) is 0 Å². The number of carboxylic acid groups (broad SMARTS) is 1. The Kier molecular flexibility index (Phi) is 3.84. The topological polar surface area (TPSA) is 83.3 Å². The highest BCUT2D eigenvalue weighted by molar-refractivity contribution is 7.99. The summed E-state index contributed by atoms with van der Waals surface area (Å²) in [5.41, 5.74) is 0.116. The van der Waals surface area contributed by atoms with Gasteiger partial charge in [0, 0.05) is 5.25 Å². The lowest BCUT2D eigenvalue weighted by Gasteiger charge is -2.07. The lowest BCUT2D eigenvalue weighted by Crippen LogP contribution is -2.07. The molecular weight excluding hydrogens is 204 g/mol. The largest absolute Gasteiger partial charge is 0.478 e. The first-order valence-electron chi connectivity index (χ1n) is 3.97. The Morgan fingerprint density at radius 2 is 2.43 bits per heavy atom. The number of nitrogens with zero attached hydrogens (tertiary/aromatic N) is 2. The number of aromatic carboxylic acids is 1. The van der Waals surface area contributed by atoms with Crippen molar-refractivity contribution in [3.63, 3.8) is 0 Å². The fourth-order valence-corrected chi connectivity index (χ4v) is 1.63. The summed E-state index contributed by atoms with van der Waals surface area (Å²) in [5, 5.41) is 25.2. The zero-order valence-corrected chi connectivity index (χ0v) is 8.36. The van der Waals surface area contributed by atoms with Gasteiger partial charge in [-0.15, -0.1) is 5.10 Å². The smallest absolute Gasteiger partial charge is 0.338 e. The fraction of sp³-hybridized carbons (Fsp3) is 0.375. The van der Waals surface area contributed by atoms with Crippen molar-refractivity contribution in [1.29, 1.82) is 0 Å². The summed E-state index contributed by atoms with van der Waals surface area (Å²) in [6.45, 7) is 1.76. The van der Waals surface area contributed by atoms with Gasteiger partial charge in [0.15, 0.2) is 0 Å². The maximum atomic E-state index is 10.7. The molecular formula is C8H10N2O3S. The van der Waals surface area contributed by atoms with Crippen LogP contribution in [0.15, 0.2) is 17.3 Å². The molecule has 1 heterocycles. The third-order valence-corrected chi connectivity index (χ3v) is 2.56. The Morgan fingerprint density at radius 3 is 3.00 bits per heavy atom. The number of hydrogen-bond acceptors (Lipinski definition) is 5. The van der Waals surface area contributed by atoms with Crippen LogP contribution in [0.1, 0.15) is 17.3 Å². The van der Waals surface area contributed by atoms with E-state index in [1.54, 1.807) is 6.92 Å². The van der Waals surface area contributed by atoms with Crippen LogP contribution in [-0.4, -0.2) is 38.2 Å². The van der Waals surface area contributed by atoms with Gasteiger partial charge in [0.05, 0.1) is 18.4 Å². The Balaban J connectivity index is 2.90. The predicted octanol–water partition coefficient (Wildman–Crippen LogP) is 0.648. The average molecular weight is 214 g/mol. The molecule has 0 amide bonds. The number of hydrogen-bond donors (Lipinski definition) is 2. The number of carbonyl (C=O) groups is 1. The molecule has 0 aromatic carbocycles. The first-order chi connectivity index (χ1) is 6.65. The molecule has 76 valence electrons. The SMILES string of the molecule is CC(CO)Sc1nnccc1C(=O)O. The normalized spacial score (nSPS) is 12.4.